The SMILES string of the molecule is CC(C)(S)C1=CC=C=NC=N1. The fraction of sp³-hybridized carbons (Fsp3) is 0.375. The minimum Gasteiger partial charge on any atom is -0.239 e. The van der Waals surface area contributed by atoms with Gasteiger partial charge in [0.2, 0.25) is 0 Å². The third kappa shape index (κ3) is 2.37. The van der Waals surface area contributed by atoms with E-state index >= 15 is 0 Å². The monoisotopic (exact) mass is 166 g/mol. The van der Waals surface area contributed by atoms with Gasteiger partial charge in [0, 0.05) is 10.8 Å². The molecule has 0 aliphatic carbocycles. The Kier molecular flexibility index (Phi) is 2.32. The van der Waals surface area contributed by atoms with Crippen molar-refractivity contribution in [1.82, 2.24) is 0 Å². The smallest absolute Gasteiger partial charge is 0.125 e. The molecule has 0 saturated carbocycles. The Morgan fingerprint density at radius 3 is 2.91 bits per heavy atom. The van der Waals surface area contributed by atoms with Crippen LogP contribution in [0, 0.1) is 0 Å². The lowest BCUT2D eigenvalue weighted by Crippen LogP contribution is -2.12. The summed E-state index contributed by atoms with van der Waals surface area (Å²) in [4.78, 5) is 7.85. The van der Waals surface area contributed by atoms with Crippen molar-refractivity contribution in [3.8, 4) is 0 Å². The zero-order valence-corrected chi connectivity index (χ0v) is 7.47. The molecular weight excluding hydrogens is 156 g/mol. The molecule has 0 N–H and O–H groups in total. The molecule has 11 heavy (non-hydrogen) atoms. The molecule has 0 aromatic heterocycles. The molecular formula is C8H10N2S. The minimum absolute atomic E-state index is 0.214. The molecule has 0 atom stereocenters. The third-order valence-electron chi connectivity index (χ3n) is 1.27. The molecule has 1 heterocycles. The van der Waals surface area contributed by atoms with Crippen LogP contribution in [0.5, 0.6) is 0 Å². The highest BCUT2D eigenvalue weighted by Crippen LogP contribution is 2.24. The molecule has 58 valence electrons. The molecule has 1 aliphatic heterocycles. The number of hydrogen-bond donors (Lipinski definition) is 1. The van der Waals surface area contributed by atoms with E-state index in [-0.39, 0.29) is 4.75 Å². The van der Waals surface area contributed by atoms with Gasteiger partial charge in [-0.2, -0.15) is 17.6 Å². The number of rotatable bonds is 1. The van der Waals surface area contributed by atoms with Crippen LogP contribution >= 0.6 is 12.6 Å². The third-order valence-corrected chi connectivity index (χ3v) is 1.50. The van der Waals surface area contributed by atoms with Gasteiger partial charge in [-0.15, -0.1) is 0 Å². The lowest BCUT2D eigenvalue weighted by molar-refractivity contribution is 0.829. The van der Waals surface area contributed by atoms with Crippen LogP contribution in [0.1, 0.15) is 13.8 Å². The van der Waals surface area contributed by atoms with E-state index in [1.807, 2.05) is 19.9 Å². The minimum atomic E-state index is -0.214. The fourth-order valence-electron chi connectivity index (χ4n) is 0.689. The molecule has 0 amide bonds. The molecule has 0 saturated heterocycles. The second-order valence-electron chi connectivity index (χ2n) is 2.78. The highest BCUT2D eigenvalue weighted by Gasteiger charge is 2.16. The Hall–Kier alpha value is -0.790. The van der Waals surface area contributed by atoms with Crippen molar-refractivity contribution in [2.45, 2.75) is 18.6 Å². The molecule has 3 heteroatoms. The molecule has 2 nitrogen and oxygen atoms in total. The summed E-state index contributed by atoms with van der Waals surface area (Å²) in [5.41, 5.74) is 0.898. The van der Waals surface area contributed by atoms with E-state index in [1.165, 1.54) is 6.34 Å². The normalized spacial score (nSPS) is 16.5. The first-order valence-electron chi connectivity index (χ1n) is 3.35. The average Bonchev–Trinajstić information content (AvgIpc) is 2.10. The van der Waals surface area contributed by atoms with E-state index in [2.05, 4.69) is 28.5 Å². The van der Waals surface area contributed by atoms with Gasteiger partial charge in [0.15, 0.2) is 0 Å². The van der Waals surface area contributed by atoms with Crippen LogP contribution in [0.4, 0.5) is 0 Å². The highest BCUT2D eigenvalue weighted by atomic mass is 32.1. The molecule has 0 unspecified atom stereocenters. The number of allylic oxidation sites excluding steroid dienone is 2. The van der Waals surface area contributed by atoms with Crippen molar-refractivity contribution in [1.29, 1.82) is 0 Å². The first-order chi connectivity index (χ1) is 5.11. The zero-order valence-electron chi connectivity index (χ0n) is 6.57. The van der Waals surface area contributed by atoms with Crippen LogP contribution in [-0.2, 0) is 0 Å². The van der Waals surface area contributed by atoms with E-state index in [1.54, 1.807) is 6.08 Å². The summed E-state index contributed by atoms with van der Waals surface area (Å²) in [7, 11) is 0. The number of nitrogens with zero attached hydrogens (tertiary/aromatic N) is 2. The van der Waals surface area contributed by atoms with Gasteiger partial charge < -0.3 is 0 Å². The quantitative estimate of drug-likeness (QED) is 0.575. The van der Waals surface area contributed by atoms with E-state index < -0.39 is 0 Å². The van der Waals surface area contributed by atoms with Gasteiger partial charge in [-0.25, -0.2) is 4.99 Å². The van der Waals surface area contributed by atoms with Crippen LogP contribution < -0.4 is 0 Å². The molecule has 0 bridgehead atoms. The Labute approximate surface area is 71.9 Å². The van der Waals surface area contributed by atoms with Crippen LogP contribution in [0.25, 0.3) is 0 Å². The molecule has 0 aromatic rings. The van der Waals surface area contributed by atoms with Crippen molar-refractivity contribution in [2.24, 2.45) is 9.98 Å². The topological polar surface area (TPSA) is 24.7 Å². The summed E-state index contributed by atoms with van der Waals surface area (Å²) in [6.07, 6.45) is 5.08. The van der Waals surface area contributed by atoms with Gasteiger partial charge in [-0.05, 0) is 25.8 Å². The standard InChI is InChI=1S/C8H10N2S/c1-8(2,11)7-4-3-5-9-6-10-7/h3-4,6,11H,1-2H3. The van der Waals surface area contributed by atoms with Crippen molar-refractivity contribution in [2.75, 3.05) is 0 Å². The molecule has 0 radical (unpaired) electrons. The van der Waals surface area contributed by atoms with E-state index in [9.17, 15) is 0 Å². The molecule has 0 spiro atoms. The van der Waals surface area contributed by atoms with Crippen LogP contribution in [0.2, 0.25) is 0 Å². The lowest BCUT2D eigenvalue weighted by Gasteiger charge is -2.16. The van der Waals surface area contributed by atoms with Crippen molar-refractivity contribution in [3.63, 3.8) is 0 Å². The Bertz CT molecular complexity index is 262. The Morgan fingerprint density at radius 1 is 1.55 bits per heavy atom. The zero-order chi connectivity index (χ0) is 8.32. The largest absolute Gasteiger partial charge is 0.239 e. The van der Waals surface area contributed by atoms with Gasteiger partial charge >= 0.3 is 0 Å². The predicted octanol–water partition coefficient (Wildman–Crippen LogP) is 1.85. The van der Waals surface area contributed by atoms with Crippen molar-refractivity contribution in [3.05, 3.63) is 17.8 Å². The van der Waals surface area contributed by atoms with Gasteiger partial charge in [0.25, 0.3) is 0 Å². The number of thiol groups is 1. The maximum absolute atomic E-state index is 4.37. The molecule has 0 aromatic carbocycles. The number of hydrogen-bond acceptors (Lipinski definition) is 3. The van der Waals surface area contributed by atoms with Crippen molar-refractivity contribution < 1.29 is 0 Å². The van der Waals surface area contributed by atoms with E-state index in [0.717, 1.165) is 5.70 Å². The van der Waals surface area contributed by atoms with Gasteiger partial charge in [-0.1, -0.05) is 0 Å². The summed E-state index contributed by atoms with van der Waals surface area (Å²) >= 11 is 4.37. The number of aliphatic imine (C=N–C) groups is 2. The maximum atomic E-state index is 4.37. The van der Waals surface area contributed by atoms with E-state index in [0.29, 0.717) is 0 Å². The van der Waals surface area contributed by atoms with Gasteiger partial charge in [0.1, 0.15) is 6.34 Å². The first kappa shape index (κ1) is 8.31. The molecule has 0 fully saturated rings. The lowest BCUT2D eigenvalue weighted by atomic mass is 10.1. The summed E-state index contributed by atoms with van der Waals surface area (Å²) in [5, 5.41) is 0. The molecule has 1 rings (SSSR count). The Morgan fingerprint density at radius 2 is 2.27 bits per heavy atom. The summed E-state index contributed by atoms with van der Waals surface area (Å²) in [5.74, 6) is 2.69. The summed E-state index contributed by atoms with van der Waals surface area (Å²) in [6.45, 7) is 3.97. The van der Waals surface area contributed by atoms with Crippen LogP contribution in [0.15, 0.2) is 27.8 Å². The summed E-state index contributed by atoms with van der Waals surface area (Å²) in [6, 6.07) is 0. The fourth-order valence-corrected chi connectivity index (χ4v) is 0.821. The van der Waals surface area contributed by atoms with Gasteiger partial charge in [0.05, 0.1) is 5.70 Å². The van der Waals surface area contributed by atoms with Gasteiger partial charge in [-0.3, -0.25) is 0 Å². The van der Waals surface area contributed by atoms with Crippen LogP contribution in [-0.4, -0.2) is 17.0 Å². The highest BCUT2D eigenvalue weighted by molar-refractivity contribution is 7.82. The maximum Gasteiger partial charge on any atom is 0.125 e. The second-order valence-corrected chi connectivity index (χ2v) is 3.90. The predicted molar refractivity (Wildman–Crippen MR) is 51.6 cm³/mol. The van der Waals surface area contributed by atoms with Crippen LogP contribution in [0.3, 0.4) is 0 Å². The van der Waals surface area contributed by atoms with Crippen molar-refractivity contribution >= 4 is 24.8 Å². The Balaban J connectivity index is 2.93. The first-order valence-corrected chi connectivity index (χ1v) is 3.80. The second kappa shape index (κ2) is 3.07. The summed E-state index contributed by atoms with van der Waals surface area (Å²) < 4.78 is -0.214. The van der Waals surface area contributed by atoms with E-state index in [4.69, 9.17) is 0 Å². The average molecular weight is 166 g/mol. The molecule has 1 aliphatic rings.